The van der Waals surface area contributed by atoms with Crippen molar-refractivity contribution in [3.63, 3.8) is 0 Å². The van der Waals surface area contributed by atoms with E-state index in [-0.39, 0.29) is 11.9 Å². The SMILES string of the molecule is CC(=O)N1CC[C@@H](NC2CCN(c3ccc(C)c(Cl)c3)CC2)[C@H](O)C1. The van der Waals surface area contributed by atoms with Crippen molar-refractivity contribution >= 4 is 23.2 Å². The fraction of sp³-hybridized carbons (Fsp3) is 0.632. The average Bonchev–Trinajstić information content (AvgIpc) is 2.59. The molecule has 2 aliphatic heterocycles. The molecule has 0 saturated carbocycles. The number of halogens is 1. The number of nitrogens with zero attached hydrogens (tertiary/aromatic N) is 2. The summed E-state index contributed by atoms with van der Waals surface area (Å²) in [6.07, 6.45) is 2.43. The molecule has 2 aliphatic rings. The first kappa shape index (κ1) is 18.5. The summed E-state index contributed by atoms with van der Waals surface area (Å²) in [6, 6.07) is 6.75. The Morgan fingerprint density at radius 3 is 2.56 bits per heavy atom. The maximum atomic E-state index is 11.4. The summed E-state index contributed by atoms with van der Waals surface area (Å²) in [7, 11) is 0. The number of aryl methyl sites for hydroxylation is 1. The zero-order valence-electron chi connectivity index (χ0n) is 15.0. The van der Waals surface area contributed by atoms with Crippen molar-refractivity contribution in [1.82, 2.24) is 10.2 Å². The van der Waals surface area contributed by atoms with E-state index in [1.54, 1.807) is 11.8 Å². The molecule has 0 bridgehead atoms. The molecule has 0 unspecified atom stereocenters. The molecule has 2 fully saturated rings. The van der Waals surface area contributed by atoms with Crippen LogP contribution >= 0.6 is 11.6 Å². The van der Waals surface area contributed by atoms with Crippen LogP contribution in [-0.4, -0.2) is 60.3 Å². The number of piperidine rings is 2. The molecule has 0 aromatic heterocycles. The van der Waals surface area contributed by atoms with Gasteiger partial charge in [-0.1, -0.05) is 17.7 Å². The van der Waals surface area contributed by atoms with Crippen molar-refractivity contribution in [3.05, 3.63) is 28.8 Å². The molecular formula is C19H28ClN3O2. The maximum Gasteiger partial charge on any atom is 0.219 e. The zero-order chi connectivity index (χ0) is 18.0. The Balaban J connectivity index is 1.49. The number of amides is 1. The maximum absolute atomic E-state index is 11.4. The Labute approximate surface area is 154 Å². The van der Waals surface area contributed by atoms with Gasteiger partial charge in [0.1, 0.15) is 0 Å². The van der Waals surface area contributed by atoms with Crippen molar-refractivity contribution in [3.8, 4) is 0 Å². The minimum absolute atomic E-state index is 0.0440. The van der Waals surface area contributed by atoms with Crippen LogP contribution in [0.2, 0.25) is 5.02 Å². The van der Waals surface area contributed by atoms with Gasteiger partial charge in [-0.05, 0) is 43.9 Å². The molecule has 0 spiro atoms. The Morgan fingerprint density at radius 1 is 1.24 bits per heavy atom. The molecule has 2 heterocycles. The minimum Gasteiger partial charge on any atom is -0.390 e. The van der Waals surface area contributed by atoms with Gasteiger partial charge in [-0.3, -0.25) is 4.79 Å². The molecule has 5 nitrogen and oxygen atoms in total. The predicted molar refractivity (Wildman–Crippen MR) is 101 cm³/mol. The molecule has 2 saturated heterocycles. The molecule has 3 rings (SSSR count). The Morgan fingerprint density at radius 2 is 1.96 bits per heavy atom. The number of carbonyl (C=O) groups is 1. The molecular weight excluding hydrogens is 338 g/mol. The van der Waals surface area contributed by atoms with E-state index in [9.17, 15) is 9.90 Å². The first-order valence-electron chi connectivity index (χ1n) is 9.15. The smallest absolute Gasteiger partial charge is 0.219 e. The number of aliphatic hydroxyl groups excluding tert-OH is 1. The van der Waals surface area contributed by atoms with Gasteiger partial charge in [0.15, 0.2) is 0 Å². The van der Waals surface area contributed by atoms with E-state index in [1.807, 2.05) is 13.0 Å². The van der Waals surface area contributed by atoms with Crippen LogP contribution in [0.15, 0.2) is 18.2 Å². The second-order valence-corrected chi connectivity index (χ2v) is 7.70. The van der Waals surface area contributed by atoms with E-state index in [2.05, 4.69) is 22.3 Å². The van der Waals surface area contributed by atoms with Gasteiger partial charge in [0, 0.05) is 55.9 Å². The topological polar surface area (TPSA) is 55.8 Å². The van der Waals surface area contributed by atoms with Crippen molar-refractivity contribution < 1.29 is 9.90 Å². The quantitative estimate of drug-likeness (QED) is 0.862. The number of aliphatic hydroxyl groups is 1. The number of nitrogens with one attached hydrogen (secondary N) is 1. The molecule has 6 heteroatoms. The van der Waals surface area contributed by atoms with Gasteiger partial charge in [-0.15, -0.1) is 0 Å². The highest BCUT2D eigenvalue weighted by Crippen LogP contribution is 2.26. The number of benzene rings is 1. The minimum atomic E-state index is -0.480. The van der Waals surface area contributed by atoms with Gasteiger partial charge in [-0.25, -0.2) is 0 Å². The molecule has 1 aromatic carbocycles. The van der Waals surface area contributed by atoms with Crippen LogP contribution in [0, 0.1) is 6.92 Å². The highest BCUT2D eigenvalue weighted by molar-refractivity contribution is 6.31. The van der Waals surface area contributed by atoms with Crippen LogP contribution in [0.5, 0.6) is 0 Å². The number of anilines is 1. The highest BCUT2D eigenvalue weighted by Gasteiger charge is 2.31. The van der Waals surface area contributed by atoms with E-state index >= 15 is 0 Å². The van der Waals surface area contributed by atoms with E-state index in [4.69, 9.17) is 11.6 Å². The van der Waals surface area contributed by atoms with Crippen LogP contribution in [0.25, 0.3) is 0 Å². The van der Waals surface area contributed by atoms with Crippen molar-refractivity contribution in [2.45, 2.75) is 51.3 Å². The number of hydrogen-bond donors (Lipinski definition) is 2. The number of β-amino-alcohol motifs (C(OH)–C–C–N with tert-alkyl or cyclic N) is 1. The number of rotatable bonds is 3. The van der Waals surface area contributed by atoms with Crippen LogP contribution in [-0.2, 0) is 4.79 Å². The zero-order valence-corrected chi connectivity index (χ0v) is 15.8. The third kappa shape index (κ3) is 4.46. The summed E-state index contributed by atoms with van der Waals surface area (Å²) in [5, 5.41) is 14.8. The fourth-order valence-corrected chi connectivity index (χ4v) is 3.97. The molecule has 1 amide bonds. The van der Waals surface area contributed by atoms with Gasteiger partial charge in [0.05, 0.1) is 6.10 Å². The lowest BCUT2D eigenvalue weighted by molar-refractivity contribution is -0.132. The molecule has 138 valence electrons. The third-order valence-electron chi connectivity index (χ3n) is 5.49. The Hall–Kier alpha value is -1.30. The van der Waals surface area contributed by atoms with E-state index in [0.717, 1.165) is 49.5 Å². The molecule has 2 N–H and O–H groups in total. The largest absolute Gasteiger partial charge is 0.390 e. The van der Waals surface area contributed by atoms with Crippen LogP contribution in [0.3, 0.4) is 0 Å². The summed E-state index contributed by atoms with van der Waals surface area (Å²) in [4.78, 5) is 15.5. The Bertz CT molecular complexity index is 617. The predicted octanol–water partition coefficient (Wildman–Crippen LogP) is 2.19. The first-order valence-corrected chi connectivity index (χ1v) is 9.52. The molecule has 1 aromatic rings. The summed E-state index contributed by atoms with van der Waals surface area (Å²) >= 11 is 6.25. The summed E-state index contributed by atoms with van der Waals surface area (Å²) < 4.78 is 0. The molecule has 25 heavy (non-hydrogen) atoms. The van der Waals surface area contributed by atoms with E-state index in [1.165, 1.54) is 5.69 Å². The number of hydrogen-bond acceptors (Lipinski definition) is 4. The van der Waals surface area contributed by atoms with Gasteiger partial charge in [0.2, 0.25) is 5.91 Å². The standard InChI is InChI=1S/C19H28ClN3O2/c1-13-3-4-16(11-17(13)20)22-8-5-15(6-9-22)21-18-7-10-23(14(2)24)12-19(18)25/h3-4,11,15,18-19,21,25H,5-10,12H2,1-2H3/t18-,19-/m1/s1. The van der Waals surface area contributed by atoms with Crippen molar-refractivity contribution in [2.24, 2.45) is 0 Å². The summed E-state index contributed by atoms with van der Waals surface area (Å²) in [6.45, 7) is 6.72. The van der Waals surface area contributed by atoms with Gasteiger partial charge in [-0.2, -0.15) is 0 Å². The van der Waals surface area contributed by atoms with Crippen LogP contribution < -0.4 is 10.2 Å². The number of carbonyl (C=O) groups excluding carboxylic acids is 1. The third-order valence-corrected chi connectivity index (χ3v) is 5.90. The second kappa shape index (κ2) is 7.94. The fourth-order valence-electron chi connectivity index (χ4n) is 3.80. The van der Waals surface area contributed by atoms with E-state index < -0.39 is 6.10 Å². The lowest BCUT2D eigenvalue weighted by atomic mass is 9.97. The van der Waals surface area contributed by atoms with Crippen molar-refractivity contribution in [1.29, 1.82) is 0 Å². The van der Waals surface area contributed by atoms with Gasteiger partial charge in [0.25, 0.3) is 0 Å². The molecule has 0 radical (unpaired) electrons. The van der Waals surface area contributed by atoms with Gasteiger partial charge < -0.3 is 20.2 Å². The monoisotopic (exact) mass is 365 g/mol. The normalized spacial score (nSPS) is 25.3. The highest BCUT2D eigenvalue weighted by atomic mass is 35.5. The summed E-state index contributed by atoms with van der Waals surface area (Å²) in [5.41, 5.74) is 2.29. The first-order chi connectivity index (χ1) is 11.9. The number of likely N-dealkylation sites (tertiary alicyclic amines) is 1. The lowest BCUT2D eigenvalue weighted by Crippen LogP contribution is -2.57. The Kier molecular flexibility index (Phi) is 5.87. The second-order valence-electron chi connectivity index (χ2n) is 7.29. The van der Waals surface area contributed by atoms with Crippen LogP contribution in [0.1, 0.15) is 31.7 Å². The van der Waals surface area contributed by atoms with Gasteiger partial charge >= 0.3 is 0 Å². The molecule has 2 atom stereocenters. The lowest BCUT2D eigenvalue weighted by Gasteiger charge is -2.40. The van der Waals surface area contributed by atoms with Crippen molar-refractivity contribution in [2.75, 3.05) is 31.1 Å². The summed E-state index contributed by atoms with van der Waals surface area (Å²) in [5.74, 6) is 0.0440. The molecule has 0 aliphatic carbocycles. The van der Waals surface area contributed by atoms with E-state index in [0.29, 0.717) is 12.6 Å². The van der Waals surface area contributed by atoms with Crippen LogP contribution in [0.4, 0.5) is 5.69 Å². The average molecular weight is 366 g/mol.